The first kappa shape index (κ1) is 20.2. The summed E-state index contributed by atoms with van der Waals surface area (Å²) in [6.45, 7) is 7.22. The summed E-state index contributed by atoms with van der Waals surface area (Å²) in [5.41, 5.74) is 5.35. The number of fused-ring (bicyclic) bond motifs is 1. The zero-order valence-electron chi connectivity index (χ0n) is 12.6. The smallest absolute Gasteiger partial charge is 0.247 e. The summed E-state index contributed by atoms with van der Waals surface area (Å²) in [7, 11) is -4.73. The maximum atomic E-state index is 11.8. The Morgan fingerprint density at radius 3 is 2.33 bits per heavy atom. The summed E-state index contributed by atoms with van der Waals surface area (Å²) < 4.78 is 34.9. The lowest BCUT2D eigenvalue weighted by Gasteiger charge is -2.16. The normalized spacial score (nSPS) is 20.2. The quantitative estimate of drug-likeness (QED) is 0.791. The predicted octanol–water partition coefficient (Wildman–Crippen LogP) is 1.36. The fraction of sp³-hybridized carbons (Fsp3) is 0.583. The number of aryl methyl sites for hydroxylation is 1. The number of primary amides is 1. The maximum Gasteiger partial charge on any atom is 0.247 e. The summed E-state index contributed by atoms with van der Waals surface area (Å²) >= 11 is 1.04. The van der Waals surface area contributed by atoms with Crippen LogP contribution in [0.25, 0.3) is 0 Å². The minimum atomic E-state index is -3.65. The Labute approximate surface area is 132 Å². The van der Waals surface area contributed by atoms with Gasteiger partial charge in [0, 0.05) is 12.2 Å². The van der Waals surface area contributed by atoms with Gasteiger partial charge in [0.25, 0.3) is 0 Å². The molecule has 2 rings (SSSR count). The number of carbonyl (C=O) groups excluding carboxylic acids is 1. The summed E-state index contributed by atoms with van der Waals surface area (Å²) in [5.74, 6) is -0.333. The molecule has 0 spiro atoms. The van der Waals surface area contributed by atoms with Gasteiger partial charge < -0.3 is 5.73 Å². The Balaban J connectivity index is 0.000000579. The first-order valence-electron chi connectivity index (χ1n) is 6.45. The van der Waals surface area contributed by atoms with Crippen molar-refractivity contribution in [3.05, 3.63) is 11.6 Å². The van der Waals surface area contributed by atoms with Crippen molar-refractivity contribution < 1.29 is 17.4 Å². The fourth-order valence-corrected chi connectivity index (χ4v) is 5.58. The zero-order chi connectivity index (χ0) is 16.8. The molecule has 6 nitrogen and oxygen atoms in total. The van der Waals surface area contributed by atoms with E-state index in [-0.39, 0.29) is 15.4 Å². The number of nitrogens with two attached hydrogens (primary N) is 2. The van der Waals surface area contributed by atoms with E-state index in [1.807, 2.05) is 20.8 Å². The molecule has 1 aliphatic heterocycles. The van der Waals surface area contributed by atoms with Crippen LogP contribution < -0.4 is 10.9 Å². The molecule has 4 N–H and O–H groups in total. The van der Waals surface area contributed by atoms with Gasteiger partial charge in [-0.2, -0.15) is 0 Å². The van der Waals surface area contributed by atoms with Crippen LogP contribution in [-0.4, -0.2) is 23.8 Å². The molecule has 0 aromatic carbocycles. The van der Waals surface area contributed by atoms with Crippen molar-refractivity contribution in [2.24, 2.45) is 10.9 Å². The highest BCUT2D eigenvalue weighted by atomic mass is 32.3. The van der Waals surface area contributed by atoms with E-state index in [2.05, 4.69) is 5.73 Å². The third kappa shape index (κ3) is 6.25. The minimum absolute atomic E-state index is 0.101. The summed E-state index contributed by atoms with van der Waals surface area (Å²) in [6.07, 6.45) is 1.62. The van der Waals surface area contributed by atoms with E-state index < -0.39 is 20.8 Å². The third-order valence-electron chi connectivity index (χ3n) is 2.40. The van der Waals surface area contributed by atoms with Gasteiger partial charge in [0.15, 0.2) is 0 Å². The standard InChI is InChI=1S/C8H11NO3S3.C2H5NO.C2H6/c1-5-2-3-6-4-7(15(9,11)12)13-8(6)14(5)10;1-2(3)4;1-2/h4-5H,2-3H2,1H3,(H2,9,11,12);1H3,(H2,3,4);1-2H3. The van der Waals surface area contributed by atoms with Crippen molar-refractivity contribution in [1.29, 1.82) is 0 Å². The fourth-order valence-electron chi connectivity index (χ4n) is 1.52. The predicted molar refractivity (Wildman–Crippen MR) is 86.1 cm³/mol. The van der Waals surface area contributed by atoms with Gasteiger partial charge in [0.1, 0.15) is 4.21 Å². The number of hydrogen-bond donors (Lipinski definition) is 2. The van der Waals surface area contributed by atoms with Crippen LogP contribution in [0.15, 0.2) is 14.5 Å². The highest BCUT2D eigenvalue weighted by Gasteiger charge is 2.27. The lowest BCUT2D eigenvalue weighted by atomic mass is 10.1. The van der Waals surface area contributed by atoms with Crippen molar-refractivity contribution in [3.8, 4) is 0 Å². The number of amides is 1. The van der Waals surface area contributed by atoms with Crippen LogP contribution in [0, 0.1) is 0 Å². The average molecular weight is 355 g/mol. The SMILES string of the molecule is CC.CC(N)=O.CC1CCc2cc(S(N)(=O)=O)sc2S1=O. The van der Waals surface area contributed by atoms with E-state index in [1.165, 1.54) is 6.92 Å². The van der Waals surface area contributed by atoms with Crippen LogP contribution in [0.4, 0.5) is 0 Å². The van der Waals surface area contributed by atoms with Crippen LogP contribution in [-0.2, 0) is 32.0 Å². The Morgan fingerprint density at radius 2 is 1.90 bits per heavy atom. The Morgan fingerprint density at radius 1 is 1.43 bits per heavy atom. The largest absolute Gasteiger partial charge is 0.370 e. The molecule has 9 heteroatoms. The van der Waals surface area contributed by atoms with Gasteiger partial charge in [-0.25, -0.2) is 13.6 Å². The lowest BCUT2D eigenvalue weighted by Crippen LogP contribution is -2.17. The molecule has 122 valence electrons. The topological polar surface area (TPSA) is 120 Å². The van der Waals surface area contributed by atoms with E-state index >= 15 is 0 Å². The number of carbonyl (C=O) groups is 1. The molecule has 0 radical (unpaired) electrons. The van der Waals surface area contributed by atoms with E-state index in [4.69, 9.17) is 5.14 Å². The number of rotatable bonds is 1. The number of thiophene rings is 1. The number of sulfonamides is 1. The van der Waals surface area contributed by atoms with E-state index in [0.29, 0.717) is 4.21 Å². The molecule has 1 aromatic heterocycles. The summed E-state index contributed by atoms with van der Waals surface area (Å²) in [6, 6.07) is 1.55. The molecule has 2 atom stereocenters. The second-order valence-corrected chi connectivity index (χ2v) is 9.09. The number of primary sulfonamides is 1. The Hall–Kier alpha value is -0.770. The van der Waals surface area contributed by atoms with Crippen molar-refractivity contribution in [2.45, 2.75) is 54.2 Å². The molecule has 1 aliphatic rings. The van der Waals surface area contributed by atoms with Crippen LogP contribution in [0.5, 0.6) is 0 Å². The molecule has 2 heterocycles. The molecular weight excluding hydrogens is 332 g/mol. The first-order chi connectivity index (χ1) is 9.62. The van der Waals surface area contributed by atoms with Gasteiger partial charge in [0.2, 0.25) is 15.9 Å². The molecule has 0 saturated heterocycles. The van der Waals surface area contributed by atoms with Crippen molar-refractivity contribution in [3.63, 3.8) is 0 Å². The zero-order valence-corrected chi connectivity index (χ0v) is 15.0. The van der Waals surface area contributed by atoms with Gasteiger partial charge in [-0.05, 0) is 24.5 Å². The van der Waals surface area contributed by atoms with E-state index in [0.717, 1.165) is 29.7 Å². The molecule has 0 fully saturated rings. The second kappa shape index (κ2) is 8.62. The molecule has 0 aliphatic carbocycles. The maximum absolute atomic E-state index is 11.8. The molecule has 1 amide bonds. The van der Waals surface area contributed by atoms with Crippen molar-refractivity contribution in [1.82, 2.24) is 0 Å². The van der Waals surface area contributed by atoms with Crippen LogP contribution >= 0.6 is 11.3 Å². The van der Waals surface area contributed by atoms with Gasteiger partial charge in [-0.15, -0.1) is 11.3 Å². The van der Waals surface area contributed by atoms with Crippen LogP contribution in [0.1, 0.15) is 39.7 Å². The van der Waals surface area contributed by atoms with E-state index in [1.54, 1.807) is 6.07 Å². The van der Waals surface area contributed by atoms with Gasteiger partial charge >= 0.3 is 0 Å². The molecular formula is C12H22N2O4S3. The molecule has 1 aromatic rings. The Kier molecular flexibility index (Phi) is 8.30. The number of hydrogen-bond acceptors (Lipinski definition) is 5. The molecule has 0 bridgehead atoms. The Bertz CT molecular complexity index is 604. The first-order valence-corrected chi connectivity index (χ1v) is 10.0. The highest BCUT2D eigenvalue weighted by molar-refractivity contribution is 7.92. The molecule has 2 unspecified atom stereocenters. The van der Waals surface area contributed by atoms with Gasteiger partial charge in [-0.1, -0.05) is 20.8 Å². The highest BCUT2D eigenvalue weighted by Crippen LogP contribution is 2.35. The van der Waals surface area contributed by atoms with Gasteiger partial charge in [0.05, 0.1) is 15.0 Å². The summed E-state index contributed by atoms with van der Waals surface area (Å²) in [5, 5.41) is 5.13. The van der Waals surface area contributed by atoms with Crippen LogP contribution in [0.2, 0.25) is 0 Å². The second-order valence-electron chi connectivity index (χ2n) is 4.18. The van der Waals surface area contributed by atoms with Crippen LogP contribution in [0.3, 0.4) is 0 Å². The van der Waals surface area contributed by atoms with Gasteiger partial charge in [-0.3, -0.25) is 9.00 Å². The summed E-state index contributed by atoms with van der Waals surface area (Å²) in [4.78, 5) is 9.22. The molecule has 21 heavy (non-hydrogen) atoms. The molecule has 0 saturated carbocycles. The lowest BCUT2D eigenvalue weighted by molar-refractivity contribution is -0.115. The van der Waals surface area contributed by atoms with Crippen molar-refractivity contribution >= 4 is 38.1 Å². The monoisotopic (exact) mass is 354 g/mol. The van der Waals surface area contributed by atoms with E-state index in [9.17, 15) is 17.4 Å². The average Bonchev–Trinajstić information content (AvgIpc) is 2.80. The third-order valence-corrected chi connectivity index (χ3v) is 7.13. The van der Waals surface area contributed by atoms with Crippen molar-refractivity contribution in [2.75, 3.05) is 0 Å². The minimum Gasteiger partial charge on any atom is -0.370 e.